The highest BCUT2D eigenvalue weighted by atomic mass is 32.1. The van der Waals surface area contributed by atoms with Gasteiger partial charge in [0.1, 0.15) is 0 Å². The summed E-state index contributed by atoms with van der Waals surface area (Å²) < 4.78 is 0. The summed E-state index contributed by atoms with van der Waals surface area (Å²) >= 11 is 1.71. The van der Waals surface area contributed by atoms with Crippen LogP contribution in [0.25, 0.3) is 0 Å². The minimum absolute atomic E-state index is 0.730. The van der Waals surface area contributed by atoms with E-state index in [0.29, 0.717) is 0 Å². The fraction of sp³-hybridized carbons (Fsp3) is 0.333. The second kappa shape index (κ2) is 3.35. The second-order valence-electron chi connectivity index (χ2n) is 1.58. The Morgan fingerprint density at radius 1 is 1.67 bits per heavy atom. The molecule has 1 aromatic heterocycles. The maximum absolute atomic E-state index is 3.85. The monoisotopic (exact) mass is 140 g/mol. The number of hydrogen-bond acceptors (Lipinski definition) is 3. The van der Waals surface area contributed by atoms with Gasteiger partial charge in [-0.15, -0.1) is 11.3 Å². The third-order valence-electron chi connectivity index (χ3n) is 0.948. The fourth-order valence-corrected chi connectivity index (χ4v) is 1.16. The first-order valence-corrected chi connectivity index (χ1v) is 3.59. The van der Waals surface area contributed by atoms with Crippen LogP contribution in [-0.2, 0) is 6.54 Å². The van der Waals surface area contributed by atoms with Gasteiger partial charge in [0.15, 0.2) is 0 Å². The molecule has 0 fully saturated rings. The zero-order valence-electron chi connectivity index (χ0n) is 5.24. The van der Waals surface area contributed by atoms with E-state index in [1.807, 2.05) is 11.4 Å². The maximum Gasteiger partial charge on any atom is 0.0941 e. The van der Waals surface area contributed by atoms with Gasteiger partial charge in [0, 0.05) is 11.9 Å². The van der Waals surface area contributed by atoms with E-state index >= 15 is 0 Å². The number of hydrogen-bond donors (Lipinski definition) is 0. The van der Waals surface area contributed by atoms with Crippen molar-refractivity contribution < 1.29 is 0 Å². The third-order valence-corrected chi connectivity index (χ3v) is 1.81. The van der Waals surface area contributed by atoms with Crippen molar-refractivity contribution in [2.45, 2.75) is 6.54 Å². The molecule has 1 rings (SSSR count). The van der Waals surface area contributed by atoms with Gasteiger partial charge in [0.05, 0.1) is 6.54 Å². The van der Waals surface area contributed by atoms with Gasteiger partial charge in [0.25, 0.3) is 0 Å². The summed E-state index contributed by atoms with van der Waals surface area (Å²) in [7, 11) is 1.69. The molecule has 0 unspecified atom stereocenters. The molecule has 0 radical (unpaired) electrons. The minimum atomic E-state index is 0.730. The topological polar surface area (TPSA) is 24.7 Å². The van der Waals surface area contributed by atoms with E-state index < -0.39 is 0 Å². The van der Waals surface area contributed by atoms with Crippen molar-refractivity contribution >= 4 is 11.3 Å². The summed E-state index contributed by atoms with van der Waals surface area (Å²) in [5.74, 6) is 0. The smallest absolute Gasteiger partial charge is 0.0941 e. The summed E-state index contributed by atoms with van der Waals surface area (Å²) in [4.78, 5) is 1.26. The van der Waals surface area contributed by atoms with Gasteiger partial charge in [-0.05, 0) is 11.4 Å². The van der Waals surface area contributed by atoms with Gasteiger partial charge in [0.2, 0.25) is 0 Å². The largest absolute Gasteiger partial charge is 0.197 e. The molecule has 48 valence electrons. The average molecular weight is 140 g/mol. The lowest BCUT2D eigenvalue weighted by Crippen LogP contribution is -1.68. The Hall–Kier alpha value is -0.700. The molecule has 0 aliphatic rings. The van der Waals surface area contributed by atoms with Crippen LogP contribution in [0, 0.1) is 0 Å². The Labute approximate surface area is 58.2 Å². The van der Waals surface area contributed by atoms with Crippen LogP contribution >= 0.6 is 11.3 Å². The van der Waals surface area contributed by atoms with Gasteiger partial charge in [-0.25, -0.2) is 0 Å². The molecular formula is C6H8N2S. The number of rotatable bonds is 2. The lowest BCUT2D eigenvalue weighted by molar-refractivity contribution is 0.951. The van der Waals surface area contributed by atoms with Crippen LogP contribution in [-0.4, -0.2) is 7.05 Å². The van der Waals surface area contributed by atoms with Gasteiger partial charge in [-0.1, -0.05) is 6.07 Å². The van der Waals surface area contributed by atoms with E-state index in [1.165, 1.54) is 4.88 Å². The van der Waals surface area contributed by atoms with E-state index in [-0.39, 0.29) is 0 Å². The summed E-state index contributed by atoms with van der Waals surface area (Å²) in [6.45, 7) is 0.730. The summed E-state index contributed by atoms with van der Waals surface area (Å²) in [6, 6.07) is 4.07. The Morgan fingerprint density at radius 2 is 2.56 bits per heavy atom. The van der Waals surface area contributed by atoms with Crippen molar-refractivity contribution in [3.05, 3.63) is 22.4 Å². The first kappa shape index (κ1) is 6.42. The molecule has 0 saturated carbocycles. The Kier molecular flexibility index (Phi) is 2.39. The van der Waals surface area contributed by atoms with Crippen LogP contribution < -0.4 is 0 Å². The lowest BCUT2D eigenvalue weighted by atomic mass is 10.5. The van der Waals surface area contributed by atoms with Crippen molar-refractivity contribution in [3.8, 4) is 0 Å². The first-order chi connectivity index (χ1) is 4.43. The first-order valence-electron chi connectivity index (χ1n) is 2.71. The van der Waals surface area contributed by atoms with Gasteiger partial charge < -0.3 is 0 Å². The van der Waals surface area contributed by atoms with Crippen molar-refractivity contribution in [1.82, 2.24) is 0 Å². The predicted molar refractivity (Wildman–Crippen MR) is 38.8 cm³/mol. The molecule has 0 N–H and O–H groups in total. The normalized spacial score (nSPS) is 10.8. The van der Waals surface area contributed by atoms with Crippen LogP contribution in [0.5, 0.6) is 0 Å². The van der Waals surface area contributed by atoms with Crippen LogP contribution in [0.1, 0.15) is 4.88 Å². The molecule has 1 heterocycles. The second-order valence-corrected chi connectivity index (χ2v) is 2.61. The molecule has 3 heteroatoms. The molecule has 0 aliphatic carbocycles. The fourth-order valence-electron chi connectivity index (χ4n) is 0.543. The summed E-state index contributed by atoms with van der Waals surface area (Å²) in [5, 5.41) is 9.53. The van der Waals surface area contributed by atoms with Crippen molar-refractivity contribution in [1.29, 1.82) is 0 Å². The average Bonchev–Trinajstić information content (AvgIpc) is 2.34. The van der Waals surface area contributed by atoms with Gasteiger partial charge >= 0.3 is 0 Å². The van der Waals surface area contributed by atoms with Crippen LogP contribution in [0.2, 0.25) is 0 Å². The molecule has 0 bridgehead atoms. The van der Waals surface area contributed by atoms with E-state index in [4.69, 9.17) is 0 Å². The van der Waals surface area contributed by atoms with E-state index in [2.05, 4.69) is 16.3 Å². The quantitative estimate of drug-likeness (QED) is 0.563. The van der Waals surface area contributed by atoms with Gasteiger partial charge in [-0.2, -0.15) is 10.2 Å². The number of nitrogens with zero attached hydrogens (tertiary/aromatic N) is 2. The summed E-state index contributed by atoms with van der Waals surface area (Å²) in [6.07, 6.45) is 0. The van der Waals surface area contributed by atoms with E-state index in [1.54, 1.807) is 18.4 Å². The number of thiophene rings is 1. The molecule has 0 atom stereocenters. The Morgan fingerprint density at radius 3 is 3.11 bits per heavy atom. The maximum atomic E-state index is 3.85. The van der Waals surface area contributed by atoms with Crippen LogP contribution in [0.4, 0.5) is 0 Å². The van der Waals surface area contributed by atoms with E-state index in [9.17, 15) is 0 Å². The van der Waals surface area contributed by atoms with Crippen molar-refractivity contribution in [2.24, 2.45) is 10.2 Å². The highest BCUT2D eigenvalue weighted by Crippen LogP contribution is 2.08. The van der Waals surface area contributed by atoms with E-state index in [0.717, 1.165) is 6.54 Å². The minimum Gasteiger partial charge on any atom is -0.197 e. The number of azo groups is 1. The zero-order chi connectivity index (χ0) is 6.53. The highest BCUT2D eigenvalue weighted by molar-refractivity contribution is 7.09. The molecule has 0 aromatic carbocycles. The molecule has 0 aliphatic heterocycles. The molecule has 1 aromatic rings. The Balaban J connectivity index is 2.48. The van der Waals surface area contributed by atoms with Crippen LogP contribution in [0.15, 0.2) is 27.7 Å². The Bertz CT molecular complexity index is 179. The summed E-state index contributed by atoms with van der Waals surface area (Å²) in [5.41, 5.74) is 0. The highest BCUT2D eigenvalue weighted by Gasteiger charge is 1.87. The molecule has 9 heavy (non-hydrogen) atoms. The van der Waals surface area contributed by atoms with Crippen molar-refractivity contribution in [2.75, 3.05) is 7.05 Å². The van der Waals surface area contributed by atoms with Gasteiger partial charge in [-0.3, -0.25) is 0 Å². The molecule has 0 amide bonds. The van der Waals surface area contributed by atoms with Crippen molar-refractivity contribution in [3.63, 3.8) is 0 Å². The molecule has 0 saturated heterocycles. The molecule has 2 nitrogen and oxygen atoms in total. The van der Waals surface area contributed by atoms with Crippen LogP contribution in [0.3, 0.4) is 0 Å². The zero-order valence-corrected chi connectivity index (χ0v) is 6.06. The third kappa shape index (κ3) is 1.93. The predicted octanol–water partition coefficient (Wildman–Crippen LogP) is 2.33. The molecular weight excluding hydrogens is 132 g/mol. The SMILES string of the molecule is CN=NCc1cccs1. The molecule has 0 spiro atoms. The standard InChI is InChI=1S/C6H8N2S/c1-7-8-5-6-3-2-4-9-6/h2-4H,5H2,1H3. The lowest BCUT2D eigenvalue weighted by Gasteiger charge is -1.82.